The minimum absolute atomic E-state index is 0.0131. The molecule has 0 N–H and O–H groups in total. The molecule has 0 aliphatic heterocycles. The van der Waals surface area contributed by atoms with Crippen LogP contribution in [0.3, 0.4) is 0 Å². The van der Waals surface area contributed by atoms with Crippen LogP contribution >= 0.6 is 7.92 Å². The molecular weight excluding hydrogens is 1390 g/mol. The van der Waals surface area contributed by atoms with Gasteiger partial charge in [0.1, 0.15) is 0 Å². The van der Waals surface area contributed by atoms with Crippen LogP contribution in [0.15, 0.2) is 90.3 Å². The van der Waals surface area contributed by atoms with Crippen LogP contribution in [0.5, 0.6) is 0 Å². The second kappa shape index (κ2) is 22.2. The highest BCUT2D eigenvalue weighted by Gasteiger charge is 2.94. The van der Waals surface area contributed by atoms with Crippen molar-refractivity contribution in [2.75, 3.05) is 0 Å². The Balaban J connectivity index is 2.38. The molecule has 0 saturated heterocycles. The highest BCUT2D eigenvalue weighted by atomic mass is 31.1. The lowest BCUT2D eigenvalue weighted by atomic mass is 9.93. The quantitative estimate of drug-likeness (QED) is 0.0737. The van der Waals surface area contributed by atoms with Crippen molar-refractivity contribution in [1.82, 2.24) is 0 Å². The molecule has 0 bridgehead atoms. The van der Waals surface area contributed by atoms with Crippen molar-refractivity contribution in [2.45, 2.75) is 107 Å². The maximum atomic E-state index is 15.1. The van der Waals surface area contributed by atoms with Gasteiger partial charge in [0.25, 0.3) is 0 Å². The van der Waals surface area contributed by atoms with Gasteiger partial charge in [-0.2, -0.15) is 171 Å². The topological polar surface area (TPSA) is 0 Å². The maximum absolute atomic E-state index is 15.1. The van der Waals surface area contributed by atoms with Crippen LogP contribution in [0, 0.1) is 0 Å². The van der Waals surface area contributed by atoms with Gasteiger partial charge in [-0.1, -0.05) is 72.8 Å². The average Bonchev–Trinajstić information content (AvgIpc) is 0.728. The van der Waals surface area contributed by atoms with Crippen LogP contribution < -0.4 is 15.9 Å². The van der Waals surface area contributed by atoms with Gasteiger partial charge >= 0.3 is 107 Å². The summed E-state index contributed by atoms with van der Waals surface area (Å²) in [6.45, 7) is 0. The number of hydrogen-bond donors (Lipinski definition) is 0. The van der Waals surface area contributed by atoms with E-state index in [2.05, 4.69) is 0 Å². The standard InChI is InChI=1S/C42H12F45P/c43-19(22(46)25(49,50)28(55,56)31(61,62)34(67,68)37(73,74)40(79,80)81)13-1-7-16(8-2-13)88(17-9-3-14(4-10-17)20(44)23(47)26(51,52)29(57,58)32(63,64)35(69,70)38(75,76)41(82,83)84)18-11-5-15(6-12-18)21(45)24(48)27(53,54)30(59,60)33(65,66)36(71,72)39(77,78)42(85,86)87/h1-12H. The Morgan fingerprint density at radius 3 is 0.466 bits per heavy atom. The molecule has 0 atom stereocenters. The Hall–Kier alpha value is -5.84. The van der Waals surface area contributed by atoms with Crippen molar-refractivity contribution in [2.24, 2.45) is 0 Å². The average molecular weight is 1400 g/mol. The first-order valence-corrected chi connectivity index (χ1v) is 22.0. The van der Waals surface area contributed by atoms with Crippen LogP contribution in [0.2, 0.25) is 0 Å². The second-order valence-electron chi connectivity index (χ2n) is 17.0. The number of halogens is 45. The lowest BCUT2D eigenvalue weighted by Gasteiger charge is -2.39. The van der Waals surface area contributed by atoms with Crippen LogP contribution in [-0.4, -0.2) is 107 Å². The monoisotopic (exact) mass is 1400 g/mol. The Bertz CT molecular complexity index is 2780. The molecule has 0 fully saturated rings. The van der Waals surface area contributed by atoms with E-state index in [1.165, 1.54) is 0 Å². The molecule has 0 aliphatic carbocycles. The number of hydrogen-bond acceptors (Lipinski definition) is 0. The molecule has 0 amide bonds. The Kier molecular flexibility index (Phi) is 19.3. The van der Waals surface area contributed by atoms with Gasteiger partial charge < -0.3 is 0 Å². The van der Waals surface area contributed by atoms with E-state index in [4.69, 9.17) is 0 Å². The zero-order valence-corrected chi connectivity index (χ0v) is 40.3. The number of rotatable bonds is 21. The number of allylic oxidation sites excluding steroid dienone is 3. The van der Waals surface area contributed by atoms with Gasteiger partial charge in [0, 0.05) is 16.7 Å². The van der Waals surface area contributed by atoms with Crippen molar-refractivity contribution < 1.29 is 198 Å². The molecule has 3 aromatic rings. The summed E-state index contributed by atoms with van der Waals surface area (Å²) in [6.07, 6.45) is -24.0. The fraction of sp³-hybridized carbons (Fsp3) is 0.429. The molecule has 88 heavy (non-hydrogen) atoms. The summed E-state index contributed by atoms with van der Waals surface area (Å²) in [6, 6.07) is -2.11. The fourth-order valence-electron chi connectivity index (χ4n) is 6.23. The normalized spacial score (nSPS) is 16.7. The molecule has 0 heterocycles. The predicted molar refractivity (Wildman–Crippen MR) is 205 cm³/mol. The third-order valence-corrected chi connectivity index (χ3v) is 13.8. The Morgan fingerprint density at radius 2 is 0.330 bits per heavy atom. The highest BCUT2D eigenvalue weighted by Crippen LogP contribution is 2.65. The SMILES string of the molecule is FC(=C(F)C(F)(F)C(F)(F)C(F)(F)C(F)(F)C(F)(F)C(F)(F)F)c1ccc(P(c2ccc(C(F)=C(F)C(F)(F)C(F)(F)C(F)(F)C(F)(F)C(F)(F)C(F)(F)F)cc2)c2ccc(C(F)=C(F)C(F)(F)C(F)(F)C(F)(F)C(F)(F)C(F)(F)C(F)(F)F)cc2)cc1. The Morgan fingerprint density at radius 1 is 0.193 bits per heavy atom. The first kappa shape index (κ1) is 76.4. The van der Waals surface area contributed by atoms with Crippen LogP contribution in [0.1, 0.15) is 16.7 Å². The van der Waals surface area contributed by atoms with Gasteiger partial charge in [-0.3, -0.25) is 0 Å². The molecule has 0 spiro atoms. The van der Waals surface area contributed by atoms with Crippen LogP contribution in [0.25, 0.3) is 17.5 Å². The molecule has 500 valence electrons. The van der Waals surface area contributed by atoms with Crippen molar-refractivity contribution >= 4 is 41.3 Å². The van der Waals surface area contributed by atoms with Crippen molar-refractivity contribution in [3.8, 4) is 0 Å². The van der Waals surface area contributed by atoms with E-state index in [0.29, 0.717) is 0 Å². The minimum atomic E-state index is -8.77. The van der Waals surface area contributed by atoms with Gasteiger partial charge in [0.2, 0.25) is 17.5 Å². The molecule has 0 aliphatic rings. The van der Waals surface area contributed by atoms with Gasteiger partial charge in [0.05, 0.1) is 0 Å². The van der Waals surface area contributed by atoms with E-state index in [9.17, 15) is 184 Å². The van der Waals surface area contributed by atoms with E-state index in [0.717, 1.165) is 0 Å². The zero-order valence-electron chi connectivity index (χ0n) is 39.4. The van der Waals surface area contributed by atoms with E-state index in [1.54, 1.807) is 0 Å². The number of alkyl halides is 39. The number of benzene rings is 3. The lowest BCUT2D eigenvalue weighted by molar-refractivity contribution is -0.437. The fourth-order valence-corrected chi connectivity index (χ4v) is 8.47. The lowest BCUT2D eigenvalue weighted by Crippen LogP contribution is -2.70. The third-order valence-electron chi connectivity index (χ3n) is 11.3. The molecule has 0 radical (unpaired) electrons. The molecule has 0 saturated carbocycles. The van der Waals surface area contributed by atoms with Gasteiger partial charge in [-0.25, -0.2) is 26.3 Å². The van der Waals surface area contributed by atoms with Crippen molar-refractivity contribution in [1.29, 1.82) is 0 Å². The summed E-state index contributed by atoms with van der Waals surface area (Å²) in [5, 5.41) is -3.07. The van der Waals surface area contributed by atoms with E-state index in [-0.39, 0.29) is 72.8 Å². The summed E-state index contributed by atoms with van der Waals surface area (Å²) in [4.78, 5) is 0. The van der Waals surface area contributed by atoms with Gasteiger partial charge in [-0.15, -0.1) is 0 Å². The summed E-state index contributed by atoms with van der Waals surface area (Å²) < 4.78 is 619. The van der Waals surface area contributed by atoms with Gasteiger partial charge in [-0.05, 0) is 23.8 Å². The summed E-state index contributed by atoms with van der Waals surface area (Å²) >= 11 is 0. The van der Waals surface area contributed by atoms with E-state index >= 15 is 13.2 Å². The first-order valence-electron chi connectivity index (χ1n) is 20.6. The summed E-state index contributed by atoms with van der Waals surface area (Å²) in [7, 11) is -3.40. The molecule has 3 aromatic carbocycles. The predicted octanol–water partition coefficient (Wildman–Crippen LogP) is 19.5. The molecule has 0 unspecified atom stereocenters. The molecular formula is C42H12F45P. The van der Waals surface area contributed by atoms with Crippen LogP contribution in [-0.2, 0) is 0 Å². The third kappa shape index (κ3) is 11.1. The van der Waals surface area contributed by atoms with E-state index < -0.39 is 183 Å². The van der Waals surface area contributed by atoms with Crippen molar-refractivity contribution in [3.63, 3.8) is 0 Å². The first-order chi connectivity index (χ1) is 38.5. The largest absolute Gasteiger partial charge is 0.460 e. The molecule has 46 heteroatoms. The van der Waals surface area contributed by atoms with Gasteiger partial charge in [0.15, 0.2) is 17.5 Å². The van der Waals surface area contributed by atoms with E-state index in [1.807, 2.05) is 0 Å². The molecule has 0 nitrogen and oxygen atoms in total. The highest BCUT2D eigenvalue weighted by molar-refractivity contribution is 7.79. The molecule has 3 rings (SSSR count). The Labute approximate surface area is 453 Å². The minimum Gasteiger partial charge on any atom is -0.203 e. The maximum Gasteiger partial charge on any atom is 0.460 e. The summed E-state index contributed by atoms with van der Waals surface area (Å²) in [5.74, 6) is -153. The smallest absolute Gasteiger partial charge is 0.203 e. The second-order valence-corrected chi connectivity index (χ2v) is 19.2. The summed E-state index contributed by atoms with van der Waals surface area (Å²) in [5.41, 5.74) is -6.44. The molecule has 0 aromatic heterocycles. The van der Waals surface area contributed by atoms with Crippen molar-refractivity contribution in [3.05, 3.63) is 107 Å². The van der Waals surface area contributed by atoms with Crippen LogP contribution in [0.4, 0.5) is 198 Å². The zero-order chi connectivity index (χ0) is 70.0.